The van der Waals surface area contributed by atoms with E-state index in [2.05, 4.69) is 32.9 Å². The zero-order valence-electron chi connectivity index (χ0n) is 49.7. The molecule has 0 heterocycles. The average molecular weight is 1030 g/mol. The van der Waals surface area contributed by atoms with Crippen LogP contribution in [0.1, 0.15) is 380 Å². The minimum absolute atomic E-state index is 0.0673. The van der Waals surface area contributed by atoms with E-state index in [-0.39, 0.29) is 31.1 Å². The van der Waals surface area contributed by atoms with E-state index >= 15 is 0 Å². The van der Waals surface area contributed by atoms with Gasteiger partial charge in [-0.05, 0) is 44.9 Å². The van der Waals surface area contributed by atoms with Gasteiger partial charge in [-0.3, -0.25) is 14.4 Å². The Hall–Kier alpha value is -1.85. The van der Waals surface area contributed by atoms with Crippen molar-refractivity contribution in [2.45, 2.75) is 386 Å². The molecule has 0 fully saturated rings. The summed E-state index contributed by atoms with van der Waals surface area (Å²) in [4.78, 5) is 38.2. The van der Waals surface area contributed by atoms with Gasteiger partial charge in [0, 0.05) is 19.3 Å². The number of carbonyl (C=O) groups is 3. The third-order valence-corrected chi connectivity index (χ3v) is 15.3. The third kappa shape index (κ3) is 60.9. The molecule has 0 saturated heterocycles. The molecule has 6 nitrogen and oxygen atoms in total. The molecule has 0 spiro atoms. The highest BCUT2D eigenvalue weighted by atomic mass is 16.6. The lowest BCUT2D eigenvalue weighted by Gasteiger charge is -2.18. The molecule has 0 radical (unpaired) electrons. The Bertz CT molecular complexity index is 1130. The average Bonchev–Trinajstić information content (AvgIpc) is 3.39. The van der Waals surface area contributed by atoms with Crippen LogP contribution in [0.15, 0.2) is 12.2 Å². The first-order valence-electron chi connectivity index (χ1n) is 33.2. The van der Waals surface area contributed by atoms with Crippen molar-refractivity contribution < 1.29 is 28.6 Å². The fourth-order valence-electron chi connectivity index (χ4n) is 10.3. The number of rotatable bonds is 62. The molecular weight excluding hydrogens is 901 g/mol. The van der Waals surface area contributed by atoms with Crippen molar-refractivity contribution in [3.63, 3.8) is 0 Å². The Kier molecular flexibility index (Phi) is 61.1. The smallest absolute Gasteiger partial charge is 0.306 e. The molecule has 73 heavy (non-hydrogen) atoms. The number of ether oxygens (including phenoxy) is 3. The van der Waals surface area contributed by atoms with Crippen LogP contribution in [0.4, 0.5) is 0 Å². The lowest BCUT2D eigenvalue weighted by molar-refractivity contribution is -0.167. The van der Waals surface area contributed by atoms with E-state index in [1.165, 1.54) is 276 Å². The molecular formula is C67H128O6. The van der Waals surface area contributed by atoms with E-state index in [0.717, 1.165) is 64.2 Å². The topological polar surface area (TPSA) is 78.9 Å². The van der Waals surface area contributed by atoms with Crippen LogP contribution in [0.2, 0.25) is 0 Å². The van der Waals surface area contributed by atoms with Crippen molar-refractivity contribution >= 4 is 17.9 Å². The second kappa shape index (κ2) is 62.7. The molecule has 0 aromatic rings. The van der Waals surface area contributed by atoms with E-state index in [9.17, 15) is 14.4 Å². The molecule has 1 atom stereocenters. The number of hydrogen-bond donors (Lipinski definition) is 0. The van der Waals surface area contributed by atoms with E-state index in [4.69, 9.17) is 14.2 Å². The number of hydrogen-bond acceptors (Lipinski definition) is 6. The molecule has 0 aromatic heterocycles. The summed E-state index contributed by atoms with van der Waals surface area (Å²) in [7, 11) is 0. The molecule has 1 unspecified atom stereocenters. The second-order valence-electron chi connectivity index (χ2n) is 22.7. The van der Waals surface area contributed by atoms with Crippen LogP contribution in [-0.2, 0) is 28.6 Å². The van der Waals surface area contributed by atoms with Gasteiger partial charge in [-0.2, -0.15) is 0 Å². The number of carbonyl (C=O) groups excluding carboxylic acids is 3. The lowest BCUT2D eigenvalue weighted by Crippen LogP contribution is -2.30. The number of unbranched alkanes of at least 4 members (excludes halogenated alkanes) is 49. The van der Waals surface area contributed by atoms with Crippen molar-refractivity contribution in [2.24, 2.45) is 0 Å². The molecule has 0 rings (SSSR count). The van der Waals surface area contributed by atoms with Crippen molar-refractivity contribution in [2.75, 3.05) is 13.2 Å². The zero-order chi connectivity index (χ0) is 52.9. The summed E-state index contributed by atoms with van der Waals surface area (Å²) in [6.07, 6.45) is 73.9. The van der Waals surface area contributed by atoms with Gasteiger partial charge in [-0.25, -0.2) is 0 Å². The maximum absolute atomic E-state index is 12.8. The maximum Gasteiger partial charge on any atom is 0.306 e. The largest absolute Gasteiger partial charge is 0.462 e. The quantitative estimate of drug-likeness (QED) is 0.0261. The van der Waals surface area contributed by atoms with Crippen molar-refractivity contribution in [3.05, 3.63) is 12.2 Å². The van der Waals surface area contributed by atoms with Gasteiger partial charge in [0.05, 0.1) is 0 Å². The van der Waals surface area contributed by atoms with Crippen LogP contribution in [0.3, 0.4) is 0 Å². The first-order chi connectivity index (χ1) is 36.0. The Morgan fingerprint density at radius 2 is 0.452 bits per heavy atom. The summed E-state index contributed by atoms with van der Waals surface area (Å²) in [5.74, 6) is -0.850. The fourth-order valence-corrected chi connectivity index (χ4v) is 10.3. The highest BCUT2D eigenvalue weighted by Gasteiger charge is 2.19. The van der Waals surface area contributed by atoms with Gasteiger partial charge in [0.2, 0.25) is 0 Å². The molecule has 0 amide bonds. The van der Waals surface area contributed by atoms with Crippen LogP contribution in [0.25, 0.3) is 0 Å². The Labute approximate surface area is 456 Å². The first kappa shape index (κ1) is 71.2. The van der Waals surface area contributed by atoms with Gasteiger partial charge in [-0.1, -0.05) is 328 Å². The van der Waals surface area contributed by atoms with Gasteiger partial charge < -0.3 is 14.2 Å². The standard InChI is InChI=1S/C67H128O6/c1-4-7-10-13-16-19-22-25-26-27-28-29-30-31-32-33-34-35-36-37-38-39-40-41-43-45-48-51-54-57-60-66(69)72-63-64(62-71-65(68)59-56-53-50-47-44-24-21-18-15-12-9-6-3)73-67(70)61-58-55-52-49-46-42-23-20-17-14-11-8-5-2/h20,23,64H,4-19,21-22,24-63H2,1-3H3/b23-20-. The normalized spacial score (nSPS) is 12.0. The van der Waals surface area contributed by atoms with Crippen LogP contribution in [-0.4, -0.2) is 37.2 Å². The highest BCUT2D eigenvalue weighted by Crippen LogP contribution is 2.19. The SMILES string of the molecule is CCCCCC/C=C\CCCCCCCC(=O)OC(COC(=O)CCCCCCCCCCCCCC)COC(=O)CCCCCCCCCCCCCCCCCCCCCCCCCCCCCCCC. The monoisotopic (exact) mass is 1030 g/mol. The molecule has 0 aliphatic heterocycles. The van der Waals surface area contributed by atoms with Crippen LogP contribution >= 0.6 is 0 Å². The summed E-state index contributed by atoms with van der Waals surface area (Å²) in [5.41, 5.74) is 0. The fraction of sp³-hybridized carbons (Fsp3) is 0.925. The van der Waals surface area contributed by atoms with Crippen molar-refractivity contribution in [3.8, 4) is 0 Å². The minimum atomic E-state index is -0.769. The molecule has 0 aliphatic carbocycles. The summed E-state index contributed by atoms with van der Waals surface area (Å²) >= 11 is 0. The lowest BCUT2D eigenvalue weighted by atomic mass is 10.0. The molecule has 0 bridgehead atoms. The molecule has 432 valence electrons. The Morgan fingerprint density at radius 3 is 0.699 bits per heavy atom. The van der Waals surface area contributed by atoms with E-state index in [0.29, 0.717) is 19.3 Å². The van der Waals surface area contributed by atoms with Gasteiger partial charge in [-0.15, -0.1) is 0 Å². The van der Waals surface area contributed by atoms with Crippen LogP contribution < -0.4 is 0 Å². The molecule has 0 N–H and O–H groups in total. The molecule has 6 heteroatoms. The van der Waals surface area contributed by atoms with E-state index in [1.54, 1.807) is 0 Å². The summed E-state index contributed by atoms with van der Waals surface area (Å²) in [6.45, 7) is 6.68. The highest BCUT2D eigenvalue weighted by molar-refractivity contribution is 5.71. The van der Waals surface area contributed by atoms with Crippen LogP contribution in [0.5, 0.6) is 0 Å². The summed E-state index contributed by atoms with van der Waals surface area (Å²) in [5, 5.41) is 0. The van der Waals surface area contributed by atoms with Gasteiger partial charge >= 0.3 is 17.9 Å². The second-order valence-corrected chi connectivity index (χ2v) is 22.7. The van der Waals surface area contributed by atoms with Gasteiger partial charge in [0.1, 0.15) is 13.2 Å². The van der Waals surface area contributed by atoms with E-state index < -0.39 is 6.10 Å². The number of esters is 3. The zero-order valence-corrected chi connectivity index (χ0v) is 49.7. The van der Waals surface area contributed by atoms with Crippen LogP contribution in [0, 0.1) is 0 Å². The van der Waals surface area contributed by atoms with Crippen molar-refractivity contribution in [1.82, 2.24) is 0 Å². The predicted molar refractivity (Wildman–Crippen MR) is 317 cm³/mol. The molecule has 0 aliphatic rings. The van der Waals surface area contributed by atoms with Crippen molar-refractivity contribution in [1.29, 1.82) is 0 Å². The van der Waals surface area contributed by atoms with E-state index in [1.807, 2.05) is 0 Å². The Balaban J connectivity index is 4.06. The third-order valence-electron chi connectivity index (χ3n) is 15.3. The number of allylic oxidation sites excluding steroid dienone is 2. The predicted octanol–water partition coefficient (Wildman–Crippen LogP) is 22.4. The molecule has 0 aromatic carbocycles. The van der Waals surface area contributed by atoms with Gasteiger partial charge in [0.25, 0.3) is 0 Å². The minimum Gasteiger partial charge on any atom is -0.462 e. The molecule has 0 saturated carbocycles. The van der Waals surface area contributed by atoms with Gasteiger partial charge in [0.15, 0.2) is 6.10 Å². The summed E-state index contributed by atoms with van der Waals surface area (Å²) in [6, 6.07) is 0. The first-order valence-corrected chi connectivity index (χ1v) is 33.2. The Morgan fingerprint density at radius 1 is 0.260 bits per heavy atom. The summed E-state index contributed by atoms with van der Waals surface area (Å²) < 4.78 is 16.9. The maximum atomic E-state index is 12.8.